The molecule has 0 fully saturated rings. The lowest BCUT2D eigenvalue weighted by Gasteiger charge is -2.10. The third kappa shape index (κ3) is 16.6. The van der Waals surface area contributed by atoms with Gasteiger partial charge in [-0.2, -0.15) is 25.3 Å². The van der Waals surface area contributed by atoms with Gasteiger partial charge < -0.3 is 4.74 Å². The third-order valence-electron chi connectivity index (χ3n) is 5.78. The SMILES string of the molecule is CCCCCCC#Cc1ccc(OCCCCCCCCCCCC(CS)CS)cc1. The smallest absolute Gasteiger partial charge is 0.119 e. The van der Waals surface area contributed by atoms with E-state index in [4.69, 9.17) is 4.74 Å². The van der Waals surface area contributed by atoms with Crippen LogP contribution in [-0.4, -0.2) is 18.1 Å². The average molecular weight is 463 g/mol. The zero-order valence-electron chi connectivity index (χ0n) is 19.9. The second-order valence-electron chi connectivity index (χ2n) is 8.69. The molecule has 176 valence electrons. The van der Waals surface area contributed by atoms with Gasteiger partial charge in [0, 0.05) is 12.0 Å². The van der Waals surface area contributed by atoms with Gasteiger partial charge in [-0.1, -0.05) is 89.4 Å². The Bertz CT molecular complexity index is 569. The van der Waals surface area contributed by atoms with Crippen LogP contribution in [0, 0.1) is 17.8 Å². The molecule has 0 spiro atoms. The summed E-state index contributed by atoms with van der Waals surface area (Å²) in [6, 6.07) is 8.25. The van der Waals surface area contributed by atoms with Crippen molar-refractivity contribution in [3.05, 3.63) is 29.8 Å². The maximum Gasteiger partial charge on any atom is 0.119 e. The second kappa shape index (κ2) is 21.1. The first-order chi connectivity index (χ1) is 15.3. The highest BCUT2D eigenvalue weighted by Crippen LogP contribution is 2.16. The number of ether oxygens (including phenoxy) is 1. The molecule has 0 bridgehead atoms. The monoisotopic (exact) mass is 462 g/mol. The number of unbranched alkanes of at least 4 members (excludes halogenated alkanes) is 12. The average Bonchev–Trinajstić information content (AvgIpc) is 2.80. The van der Waals surface area contributed by atoms with Gasteiger partial charge >= 0.3 is 0 Å². The molecule has 0 aromatic heterocycles. The van der Waals surface area contributed by atoms with Gasteiger partial charge in [-0.25, -0.2) is 0 Å². The van der Waals surface area contributed by atoms with Crippen molar-refractivity contribution < 1.29 is 4.74 Å². The number of hydrogen-bond donors (Lipinski definition) is 2. The Kier molecular flexibility index (Phi) is 19.3. The number of rotatable bonds is 19. The van der Waals surface area contributed by atoms with Gasteiger partial charge in [-0.15, -0.1) is 0 Å². The Hall–Kier alpha value is -0.720. The lowest BCUT2D eigenvalue weighted by molar-refractivity contribution is 0.304. The predicted molar refractivity (Wildman–Crippen MR) is 145 cm³/mol. The van der Waals surface area contributed by atoms with E-state index in [1.165, 1.54) is 83.5 Å². The molecule has 0 radical (unpaired) electrons. The van der Waals surface area contributed by atoms with Crippen LogP contribution in [0.5, 0.6) is 5.75 Å². The van der Waals surface area contributed by atoms with Crippen LogP contribution in [0.2, 0.25) is 0 Å². The molecular formula is C28H46OS2. The summed E-state index contributed by atoms with van der Waals surface area (Å²) in [5.41, 5.74) is 1.09. The molecular weight excluding hydrogens is 416 g/mol. The molecule has 0 heterocycles. The number of thiol groups is 2. The Balaban J connectivity index is 1.95. The molecule has 0 N–H and O–H groups in total. The molecule has 0 unspecified atom stereocenters. The van der Waals surface area contributed by atoms with Crippen molar-refractivity contribution in [1.29, 1.82) is 0 Å². The van der Waals surface area contributed by atoms with Crippen LogP contribution in [0.25, 0.3) is 0 Å². The van der Waals surface area contributed by atoms with Gasteiger partial charge in [-0.05, 0) is 61.0 Å². The Labute approximate surface area is 204 Å². The fourth-order valence-electron chi connectivity index (χ4n) is 3.64. The topological polar surface area (TPSA) is 9.23 Å². The molecule has 0 atom stereocenters. The fourth-order valence-corrected chi connectivity index (χ4v) is 4.47. The quantitative estimate of drug-likeness (QED) is 0.119. The fraction of sp³-hybridized carbons (Fsp3) is 0.714. The molecule has 3 heteroatoms. The summed E-state index contributed by atoms with van der Waals surface area (Å²) in [6.45, 7) is 3.06. The molecule has 1 aromatic carbocycles. The zero-order chi connectivity index (χ0) is 22.4. The van der Waals surface area contributed by atoms with Crippen molar-refractivity contribution in [1.82, 2.24) is 0 Å². The van der Waals surface area contributed by atoms with Crippen LogP contribution in [-0.2, 0) is 0 Å². The van der Waals surface area contributed by atoms with Gasteiger partial charge in [0.15, 0.2) is 0 Å². The van der Waals surface area contributed by atoms with Crippen LogP contribution in [0.3, 0.4) is 0 Å². The highest BCUT2D eigenvalue weighted by atomic mass is 32.1. The number of hydrogen-bond acceptors (Lipinski definition) is 3. The normalized spacial score (nSPS) is 10.8. The summed E-state index contributed by atoms with van der Waals surface area (Å²) in [5, 5.41) is 0. The molecule has 0 aliphatic heterocycles. The van der Waals surface area contributed by atoms with Crippen molar-refractivity contribution in [2.75, 3.05) is 18.1 Å². The van der Waals surface area contributed by atoms with E-state index in [9.17, 15) is 0 Å². The van der Waals surface area contributed by atoms with E-state index >= 15 is 0 Å². The molecule has 0 aliphatic carbocycles. The largest absolute Gasteiger partial charge is 0.494 e. The van der Waals surface area contributed by atoms with Crippen LogP contribution in [0.15, 0.2) is 24.3 Å². The van der Waals surface area contributed by atoms with E-state index in [-0.39, 0.29) is 0 Å². The van der Waals surface area contributed by atoms with Gasteiger partial charge in [0.25, 0.3) is 0 Å². The molecule has 1 aromatic rings. The van der Waals surface area contributed by atoms with E-state index < -0.39 is 0 Å². The minimum absolute atomic E-state index is 0.700. The summed E-state index contributed by atoms with van der Waals surface area (Å²) >= 11 is 8.77. The van der Waals surface area contributed by atoms with Gasteiger partial charge in [0.2, 0.25) is 0 Å². The first-order valence-corrected chi connectivity index (χ1v) is 14.0. The van der Waals surface area contributed by atoms with Crippen LogP contribution < -0.4 is 4.74 Å². The van der Waals surface area contributed by atoms with Crippen LogP contribution in [0.4, 0.5) is 0 Å². The Morgan fingerprint density at radius 1 is 0.742 bits per heavy atom. The Morgan fingerprint density at radius 2 is 1.32 bits per heavy atom. The van der Waals surface area contributed by atoms with Gasteiger partial charge in [0.1, 0.15) is 5.75 Å². The van der Waals surface area contributed by atoms with E-state index in [0.717, 1.165) is 42.3 Å². The van der Waals surface area contributed by atoms with Crippen molar-refractivity contribution in [2.45, 2.75) is 103 Å². The highest BCUT2D eigenvalue weighted by molar-refractivity contribution is 7.81. The van der Waals surface area contributed by atoms with Crippen molar-refractivity contribution in [2.24, 2.45) is 5.92 Å². The standard InChI is InChI=1S/C28H46OS2/c1-2-3-4-5-11-14-17-26-19-21-28(22-20-26)29-23-16-13-10-8-6-7-9-12-15-18-27(24-30)25-31/h19-22,27,30-31H,2-13,15-16,18,23-25H2,1H3. The maximum absolute atomic E-state index is 5.88. The Morgan fingerprint density at radius 3 is 1.94 bits per heavy atom. The van der Waals surface area contributed by atoms with E-state index in [2.05, 4.69) is 68.3 Å². The van der Waals surface area contributed by atoms with Gasteiger partial charge in [-0.3, -0.25) is 0 Å². The van der Waals surface area contributed by atoms with Crippen molar-refractivity contribution in [3.63, 3.8) is 0 Å². The lowest BCUT2D eigenvalue weighted by atomic mass is 10.0. The first-order valence-electron chi connectivity index (χ1n) is 12.7. The van der Waals surface area contributed by atoms with Crippen LogP contribution in [0.1, 0.15) is 109 Å². The summed E-state index contributed by atoms with van der Waals surface area (Å²) in [4.78, 5) is 0. The predicted octanol–water partition coefficient (Wildman–Crippen LogP) is 8.76. The minimum atomic E-state index is 0.700. The second-order valence-corrected chi connectivity index (χ2v) is 9.42. The third-order valence-corrected chi connectivity index (χ3v) is 6.82. The minimum Gasteiger partial charge on any atom is -0.494 e. The summed E-state index contributed by atoms with van der Waals surface area (Å²) in [6.07, 6.45) is 19.4. The maximum atomic E-state index is 5.88. The van der Waals surface area contributed by atoms with Crippen molar-refractivity contribution >= 4 is 25.3 Å². The van der Waals surface area contributed by atoms with E-state index in [1.54, 1.807) is 0 Å². The molecule has 31 heavy (non-hydrogen) atoms. The summed E-state index contributed by atoms with van der Waals surface area (Å²) < 4.78 is 5.88. The molecule has 1 rings (SSSR count). The first kappa shape index (κ1) is 28.3. The molecule has 0 amide bonds. The summed E-state index contributed by atoms with van der Waals surface area (Å²) in [7, 11) is 0. The zero-order valence-corrected chi connectivity index (χ0v) is 21.7. The van der Waals surface area contributed by atoms with Gasteiger partial charge in [0.05, 0.1) is 6.61 Å². The lowest BCUT2D eigenvalue weighted by Crippen LogP contribution is -2.03. The van der Waals surface area contributed by atoms with E-state index in [0.29, 0.717) is 5.92 Å². The molecule has 0 saturated heterocycles. The molecule has 1 nitrogen and oxygen atoms in total. The van der Waals surface area contributed by atoms with E-state index in [1.807, 2.05) is 0 Å². The summed E-state index contributed by atoms with van der Waals surface area (Å²) in [5.74, 6) is 10.2. The molecule has 0 aliphatic rings. The number of benzene rings is 1. The van der Waals surface area contributed by atoms with Crippen LogP contribution >= 0.6 is 25.3 Å². The van der Waals surface area contributed by atoms with Crippen molar-refractivity contribution in [3.8, 4) is 17.6 Å². The molecule has 0 saturated carbocycles. The highest BCUT2D eigenvalue weighted by Gasteiger charge is 2.03.